The summed E-state index contributed by atoms with van der Waals surface area (Å²) in [7, 11) is 0. The Balaban J connectivity index is 2.19. The minimum Gasteiger partial charge on any atom is -0.297 e. The third-order valence-corrected chi connectivity index (χ3v) is 7.06. The van der Waals surface area contributed by atoms with Gasteiger partial charge in [-0.05, 0) is 49.2 Å². The Kier molecular flexibility index (Phi) is 4.94. The summed E-state index contributed by atoms with van der Waals surface area (Å²) in [4.78, 5) is 13.1. The number of halogens is 4. The predicted octanol–water partition coefficient (Wildman–Crippen LogP) is 6.75. The number of hydrogen-bond acceptors (Lipinski definition) is 1. The Bertz CT molecular complexity index is 701. The fourth-order valence-corrected chi connectivity index (χ4v) is 6.14. The summed E-state index contributed by atoms with van der Waals surface area (Å²) in [6.45, 7) is 3.90. The lowest BCUT2D eigenvalue weighted by Gasteiger charge is -2.30. The van der Waals surface area contributed by atoms with Gasteiger partial charge in [0.05, 0.1) is 8.65 Å². The molecule has 0 radical (unpaired) electrons. The van der Waals surface area contributed by atoms with Crippen LogP contribution < -0.4 is 0 Å². The van der Waals surface area contributed by atoms with Crippen LogP contribution in [0.1, 0.15) is 36.8 Å². The molecule has 1 aliphatic carbocycles. The van der Waals surface area contributed by atoms with Gasteiger partial charge in [-0.15, -0.1) is 0 Å². The van der Waals surface area contributed by atoms with Gasteiger partial charge in [-0.3, -0.25) is 4.79 Å². The Morgan fingerprint density at radius 3 is 1.33 bits per heavy atom. The monoisotopic (exact) mass is 488 g/mol. The number of rotatable bonds is 2. The van der Waals surface area contributed by atoms with E-state index >= 15 is 0 Å². The summed E-state index contributed by atoms with van der Waals surface area (Å²) >= 11 is 19.5. The van der Waals surface area contributed by atoms with Crippen molar-refractivity contribution in [2.24, 2.45) is 0 Å². The van der Waals surface area contributed by atoms with Crippen LogP contribution in [0.15, 0.2) is 48.5 Å². The summed E-state index contributed by atoms with van der Waals surface area (Å²) in [5.41, 5.74) is 2.16. The molecule has 0 heterocycles. The van der Waals surface area contributed by atoms with Gasteiger partial charge in [-0.2, -0.15) is 0 Å². The molecule has 1 fully saturated rings. The highest BCUT2D eigenvalue weighted by Gasteiger charge is 2.62. The zero-order chi connectivity index (χ0) is 17.7. The predicted molar refractivity (Wildman–Crippen MR) is 108 cm³/mol. The van der Waals surface area contributed by atoms with E-state index in [1.54, 1.807) is 0 Å². The maximum atomic E-state index is 13.1. The molecule has 0 aliphatic heterocycles. The van der Waals surface area contributed by atoms with Crippen molar-refractivity contribution in [3.8, 4) is 0 Å². The average Bonchev–Trinajstić information content (AvgIpc) is 2.67. The van der Waals surface area contributed by atoms with Crippen molar-refractivity contribution in [1.82, 2.24) is 0 Å². The van der Waals surface area contributed by atoms with Crippen LogP contribution in [0, 0.1) is 0 Å². The Morgan fingerprint density at radius 1 is 0.750 bits per heavy atom. The molecule has 5 heteroatoms. The molecule has 4 atom stereocenters. The highest BCUT2D eigenvalue weighted by Crippen LogP contribution is 2.61. The van der Waals surface area contributed by atoms with Gasteiger partial charge in [0.2, 0.25) is 0 Å². The number of carbonyl (C=O) groups is 1. The molecule has 3 rings (SSSR count). The molecule has 1 aliphatic rings. The van der Waals surface area contributed by atoms with E-state index in [1.807, 2.05) is 62.4 Å². The molecule has 0 aromatic heterocycles. The van der Waals surface area contributed by atoms with E-state index in [4.69, 9.17) is 23.2 Å². The standard InChI is InChI=1S/C19H16Br2Cl2O/c1-18(20)15(11-3-7-13(22)8-4-11)16(19(2,21)17(18)24)12-5-9-14(23)10-6-12/h3-10,15-16H,1-2H3/t15-,16-,18-,19-/m0/s1. The molecule has 2 aromatic carbocycles. The molecule has 24 heavy (non-hydrogen) atoms. The number of carbonyl (C=O) groups excluding carboxylic acids is 1. The molecule has 126 valence electrons. The van der Waals surface area contributed by atoms with Gasteiger partial charge in [-0.25, -0.2) is 0 Å². The van der Waals surface area contributed by atoms with E-state index in [2.05, 4.69) is 31.9 Å². The van der Waals surface area contributed by atoms with Gasteiger partial charge in [0.15, 0.2) is 5.78 Å². The van der Waals surface area contributed by atoms with Crippen LogP contribution in [0.3, 0.4) is 0 Å². The van der Waals surface area contributed by atoms with E-state index in [0.717, 1.165) is 11.1 Å². The van der Waals surface area contributed by atoms with Crippen LogP contribution in [0.5, 0.6) is 0 Å². The number of alkyl halides is 2. The van der Waals surface area contributed by atoms with Gasteiger partial charge in [0.25, 0.3) is 0 Å². The zero-order valence-corrected chi connectivity index (χ0v) is 17.9. The number of hydrogen-bond donors (Lipinski definition) is 0. The lowest BCUT2D eigenvalue weighted by atomic mass is 9.78. The summed E-state index contributed by atoms with van der Waals surface area (Å²) < 4.78 is -1.35. The molecule has 0 amide bonds. The summed E-state index contributed by atoms with van der Waals surface area (Å²) in [6, 6.07) is 15.5. The van der Waals surface area contributed by atoms with E-state index in [0.29, 0.717) is 10.0 Å². The van der Waals surface area contributed by atoms with Crippen LogP contribution in [-0.4, -0.2) is 14.4 Å². The molecule has 0 unspecified atom stereocenters. The van der Waals surface area contributed by atoms with E-state index < -0.39 is 8.65 Å². The molecular weight excluding hydrogens is 475 g/mol. The number of Topliss-reactive ketones (excluding diaryl/α,β-unsaturated/α-hetero) is 1. The van der Waals surface area contributed by atoms with E-state index in [-0.39, 0.29) is 17.6 Å². The van der Waals surface area contributed by atoms with Crippen molar-refractivity contribution in [3.63, 3.8) is 0 Å². The second-order valence-corrected chi connectivity index (χ2v) is 10.7. The van der Waals surface area contributed by atoms with Gasteiger partial charge in [0.1, 0.15) is 0 Å². The van der Waals surface area contributed by atoms with Crippen molar-refractivity contribution in [3.05, 3.63) is 69.7 Å². The van der Waals surface area contributed by atoms with Crippen molar-refractivity contribution in [2.75, 3.05) is 0 Å². The Hall–Kier alpha value is -0.350. The van der Waals surface area contributed by atoms with E-state index in [1.165, 1.54) is 0 Å². The molecule has 0 saturated heterocycles. The first-order chi connectivity index (χ1) is 11.2. The molecule has 1 saturated carbocycles. The highest BCUT2D eigenvalue weighted by molar-refractivity contribution is 9.11. The Labute approximate surface area is 169 Å². The summed E-state index contributed by atoms with van der Waals surface area (Å²) in [6.07, 6.45) is 0. The molecule has 0 spiro atoms. The van der Waals surface area contributed by atoms with Gasteiger partial charge < -0.3 is 0 Å². The fourth-order valence-electron chi connectivity index (χ4n) is 3.74. The van der Waals surface area contributed by atoms with Crippen molar-refractivity contribution in [2.45, 2.75) is 34.3 Å². The molecule has 1 nitrogen and oxygen atoms in total. The first-order valence-corrected chi connectivity index (χ1v) is 9.93. The maximum Gasteiger partial charge on any atom is 0.166 e. The summed E-state index contributed by atoms with van der Waals surface area (Å²) in [5, 5.41) is 1.37. The minimum atomic E-state index is -0.677. The van der Waals surface area contributed by atoms with Crippen molar-refractivity contribution >= 4 is 60.8 Å². The first-order valence-electron chi connectivity index (χ1n) is 7.59. The van der Waals surface area contributed by atoms with Crippen molar-refractivity contribution in [1.29, 1.82) is 0 Å². The quantitative estimate of drug-likeness (QED) is 0.425. The van der Waals surface area contributed by atoms with Gasteiger partial charge in [0, 0.05) is 21.9 Å². The number of ketones is 1. The highest BCUT2D eigenvalue weighted by atomic mass is 79.9. The smallest absolute Gasteiger partial charge is 0.166 e. The zero-order valence-electron chi connectivity index (χ0n) is 13.2. The first kappa shape index (κ1) is 18.4. The minimum absolute atomic E-state index is 0.0344. The SMILES string of the molecule is C[C@@]1(Br)C(=O)[C@@](C)(Br)[C@@H](c2ccc(Cl)cc2)[C@@H]1c1ccc(Cl)cc1. The molecule has 0 bridgehead atoms. The third kappa shape index (κ3) is 2.98. The van der Waals surface area contributed by atoms with Gasteiger partial charge >= 0.3 is 0 Å². The van der Waals surface area contributed by atoms with Gasteiger partial charge in [-0.1, -0.05) is 79.3 Å². The van der Waals surface area contributed by atoms with E-state index in [9.17, 15) is 4.79 Å². The average molecular weight is 491 g/mol. The largest absolute Gasteiger partial charge is 0.297 e. The molecule has 0 N–H and O–H groups in total. The third-order valence-electron chi connectivity index (χ3n) is 4.85. The number of benzene rings is 2. The van der Waals surface area contributed by atoms with Crippen LogP contribution in [0.25, 0.3) is 0 Å². The maximum absolute atomic E-state index is 13.1. The fraction of sp³-hybridized carbons (Fsp3) is 0.316. The van der Waals surface area contributed by atoms with Crippen molar-refractivity contribution < 1.29 is 4.79 Å². The molecule has 2 aromatic rings. The Morgan fingerprint density at radius 2 is 1.04 bits per heavy atom. The molecular formula is C19H16Br2Cl2O. The van der Waals surface area contributed by atoms with Crippen LogP contribution >= 0.6 is 55.1 Å². The van der Waals surface area contributed by atoms with Crippen LogP contribution in [0.2, 0.25) is 10.0 Å². The normalized spacial score (nSPS) is 33.0. The van der Waals surface area contributed by atoms with Crippen LogP contribution in [0.4, 0.5) is 0 Å². The topological polar surface area (TPSA) is 17.1 Å². The second-order valence-electron chi connectivity index (χ2n) is 6.54. The summed E-state index contributed by atoms with van der Waals surface area (Å²) in [5.74, 6) is 0.0653. The second kappa shape index (κ2) is 6.42. The lowest BCUT2D eigenvalue weighted by molar-refractivity contribution is -0.120. The van der Waals surface area contributed by atoms with Crippen LogP contribution in [-0.2, 0) is 4.79 Å². The lowest BCUT2D eigenvalue weighted by Crippen LogP contribution is -2.35.